The molecular weight excluding hydrogens is 459 g/mol. The Hall–Kier alpha value is -3.34. The van der Waals surface area contributed by atoms with Crippen molar-refractivity contribution in [2.24, 2.45) is 0 Å². The number of carbonyl (C=O) groups excluding carboxylic acids is 1. The second-order valence-corrected chi connectivity index (χ2v) is 9.31. The second-order valence-electron chi connectivity index (χ2n) is 7.66. The minimum atomic E-state index is -4.99. The van der Waals surface area contributed by atoms with Crippen LogP contribution >= 0.6 is 0 Å². The van der Waals surface area contributed by atoms with Gasteiger partial charge in [-0.05, 0) is 48.4 Å². The third kappa shape index (κ3) is 4.72. The van der Waals surface area contributed by atoms with E-state index in [0.29, 0.717) is 16.9 Å². The lowest BCUT2D eigenvalue weighted by atomic mass is 9.87. The Balaban J connectivity index is 1.64. The molecule has 0 fully saturated rings. The first-order valence-electron chi connectivity index (χ1n) is 10.0. The van der Waals surface area contributed by atoms with Crippen molar-refractivity contribution < 1.29 is 31.1 Å². The van der Waals surface area contributed by atoms with E-state index in [1.165, 1.54) is 19.2 Å². The number of amides is 1. The molecule has 0 aliphatic heterocycles. The van der Waals surface area contributed by atoms with E-state index in [9.17, 15) is 26.4 Å². The summed E-state index contributed by atoms with van der Waals surface area (Å²) in [6, 6.07) is 11.0. The van der Waals surface area contributed by atoms with Crippen LogP contribution in [0, 0.1) is 0 Å². The lowest BCUT2D eigenvalue weighted by molar-refractivity contribution is -0.174. The van der Waals surface area contributed by atoms with Crippen molar-refractivity contribution in [1.82, 2.24) is 10.3 Å². The van der Waals surface area contributed by atoms with Crippen LogP contribution in [0.15, 0.2) is 53.6 Å². The zero-order valence-electron chi connectivity index (χ0n) is 17.4. The zero-order valence-corrected chi connectivity index (χ0v) is 18.3. The van der Waals surface area contributed by atoms with E-state index in [1.807, 2.05) is 29.6 Å². The highest BCUT2D eigenvalue weighted by molar-refractivity contribution is 7.92. The molecule has 1 aliphatic carbocycles. The first-order valence-corrected chi connectivity index (χ1v) is 11.5. The van der Waals surface area contributed by atoms with E-state index in [1.54, 1.807) is 12.3 Å². The van der Waals surface area contributed by atoms with Crippen molar-refractivity contribution in [1.29, 1.82) is 0 Å². The first-order chi connectivity index (χ1) is 15.6. The van der Waals surface area contributed by atoms with Crippen molar-refractivity contribution >= 4 is 32.5 Å². The van der Waals surface area contributed by atoms with Gasteiger partial charge in [0.25, 0.3) is 10.0 Å². The van der Waals surface area contributed by atoms with Crippen LogP contribution in [0.2, 0.25) is 0 Å². The van der Waals surface area contributed by atoms with Gasteiger partial charge in [-0.15, -0.1) is 0 Å². The van der Waals surface area contributed by atoms with E-state index >= 15 is 0 Å². The minimum Gasteiger partial charge on any atom is -0.496 e. The average molecular weight is 479 g/mol. The van der Waals surface area contributed by atoms with Crippen LogP contribution in [0.3, 0.4) is 0 Å². The quantitative estimate of drug-likeness (QED) is 0.583. The summed E-state index contributed by atoms with van der Waals surface area (Å²) in [4.78, 5) is 15.5. The molecule has 1 unspecified atom stereocenters. The fraction of sp³-hybridized carbons (Fsp3) is 0.273. The van der Waals surface area contributed by atoms with Gasteiger partial charge in [0, 0.05) is 23.2 Å². The van der Waals surface area contributed by atoms with Crippen LogP contribution in [0.25, 0.3) is 10.8 Å². The number of hydrogen-bond donors (Lipinski definition) is 2. The lowest BCUT2D eigenvalue weighted by Gasteiger charge is -2.28. The number of methoxy groups -OCH3 is 1. The topological polar surface area (TPSA) is 97.4 Å². The van der Waals surface area contributed by atoms with E-state index in [0.717, 1.165) is 10.8 Å². The van der Waals surface area contributed by atoms with Crippen molar-refractivity contribution in [2.75, 3.05) is 11.8 Å². The van der Waals surface area contributed by atoms with Gasteiger partial charge in [0.05, 0.1) is 12.0 Å². The van der Waals surface area contributed by atoms with Crippen molar-refractivity contribution in [3.63, 3.8) is 0 Å². The number of rotatable bonds is 5. The van der Waals surface area contributed by atoms with Crippen LogP contribution in [0.4, 0.5) is 19.0 Å². The van der Waals surface area contributed by atoms with Crippen molar-refractivity contribution in [2.45, 2.75) is 36.4 Å². The number of ether oxygens (including phenoxy) is 1. The number of carbonyl (C=O) groups is 1. The SMILES string of the molecule is COc1ccc(S(=O)(=O)Nc2cc3ccccc3cn2)c2c1CC(NC(=O)C(F)(F)F)CC2. The molecule has 1 aromatic heterocycles. The maximum Gasteiger partial charge on any atom is 0.471 e. The smallest absolute Gasteiger partial charge is 0.471 e. The van der Waals surface area contributed by atoms with Crippen LogP contribution < -0.4 is 14.8 Å². The van der Waals surface area contributed by atoms with Crippen LogP contribution in [-0.4, -0.2) is 38.6 Å². The van der Waals surface area contributed by atoms with Gasteiger partial charge in [0.2, 0.25) is 0 Å². The molecule has 11 heteroatoms. The predicted molar refractivity (Wildman–Crippen MR) is 116 cm³/mol. The van der Waals surface area contributed by atoms with Crippen LogP contribution in [-0.2, 0) is 27.7 Å². The largest absolute Gasteiger partial charge is 0.496 e. The number of anilines is 1. The molecule has 0 saturated heterocycles. The molecule has 1 heterocycles. The number of halogens is 3. The molecule has 3 aromatic rings. The highest BCUT2D eigenvalue weighted by atomic mass is 32.2. The molecule has 1 atom stereocenters. The van der Waals surface area contributed by atoms with Crippen molar-refractivity contribution in [3.8, 4) is 5.75 Å². The number of hydrogen-bond acceptors (Lipinski definition) is 5. The normalized spacial score (nSPS) is 16.2. The second kappa shape index (κ2) is 8.54. The minimum absolute atomic E-state index is 0.00569. The summed E-state index contributed by atoms with van der Waals surface area (Å²) in [5, 5.41) is 3.64. The van der Waals surface area contributed by atoms with Gasteiger partial charge in [-0.3, -0.25) is 9.52 Å². The summed E-state index contributed by atoms with van der Waals surface area (Å²) in [5.74, 6) is -1.54. The molecular formula is C22H20F3N3O4S. The summed E-state index contributed by atoms with van der Waals surface area (Å²) in [6.45, 7) is 0. The third-order valence-electron chi connectivity index (χ3n) is 5.51. The number of fused-ring (bicyclic) bond motifs is 2. The fourth-order valence-electron chi connectivity index (χ4n) is 3.98. The molecule has 174 valence electrons. The van der Waals surface area contributed by atoms with Gasteiger partial charge < -0.3 is 10.1 Å². The van der Waals surface area contributed by atoms with Crippen LogP contribution in [0.1, 0.15) is 17.5 Å². The molecule has 1 amide bonds. The van der Waals surface area contributed by atoms with Gasteiger partial charge >= 0.3 is 12.1 Å². The van der Waals surface area contributed by atoms with Gasteiger partial charge in [-0.2, -0.15) is 13.2 Å². The van der Waals surface area contributed by atoms with Crippen molar-refractivity contribution in [3.05, 3.63) is 59.8 Å². The monoisotopic (exact) mass is 479 g/mol. The number of alkyl halides is 3. The number of benzene rings is 2. The molecule has 0 bridgehead atoms. The average Bonchev–Trinajstić information content (AvgIpc) is 2.77. The van der Waals surface area contributed by atoms with E-state index in [-0.39, 0.29) is 30.0 Å². The number of sulfonamides is 1. The molecule has 1 aliphatic rings. The maximum atomic E-state index is 13.2. The Bertz CT molecular complexity index is 1330. The number of nitrogens with zero attached hydrogens (tertiary/aromatic N) is 1. The Morgan fingerprint density at radius 3 is 2.55 bits per heavy atom. The number of aromatic nitrogens is 1. The summed E-state index contributed by atoms with van der Waals surface area (Å²) in [5.41, 5.74) is 0.894. The molecule has 7 nitrogen and oxygen atoms in total. The van der Waals surface area contributed by atoms with Gasteiger partial charge in [0.15, 0.2) is 0 Å². The van der Waals surface area contributed by atoms with E-state index in [4.69, 9.17) is 4.74 Å². The Kier molecular flexibility index (Phi) is 5.91. The third-order valence-corrected chi connectivity index (χ3v) is 6.95. The molecule has 0 radical (unpaired) electrons. The standard InChI is InChI=1S/C22H20F3N3O4S/c1-32-18-8-9-19(16-7-6-15(11-17(16)18)27-21(29)22(23,24)25)33(30,31)28-20-10-13-4-2-3-5-14(13)12-26-20/h2-5,8-10,12,15H,6-7,11H2,1H3,(H,26,28)(H,27,29). The molecule has 2 N–H and O–H groups in total. The molecule has 0 saturated carbocycles. The highest BCUT2D eigenvalue weighted by Crippen LogP contribution is 2.35. The van der Waals surface area contributed by atoms with Gasteiger partial charge in [-0.1, -0.05) is 24.3 Å². The number of pyridine rings is 1. The summed E-state index contributed by atoms with van der Waals surface area (Å²) in [6.07, 6.45) is -3.12. The Morgan fingerprint density at radius 2 is 1.85 bits per heavy atom. The number of nitrogens with one attached hydrogen (secondary N) is 2. The van der Waals surface area contributed by atoms with Gasteiger partial charge in [0.1, 0.15) is 11.6 Å². The molecule has 2 aromatic carbocycles. The zero-order chi connectivity index (χ0) is 23.8. The summed E-state index contributed by atoms with van der Waals surface area (Å²) >= 11 is 0. The predicted octanol–water partition coefficient (Wildman–Crippen LogP) is 3.58. The molecule has 0 spiro atoms. The Labute approximate surface area is 188 Å². The Morgan fingerprint density at radius 1 is 1.12 bits per heavy atom. The van der Waals surface area contributed by atoms with E-state index in [2.05, 4.69) is 9.71 Å². The summed E-state index contributed by atoms with van der Waals surface area (Å²) < 4.78 is 72.1. The van der Waals surface area contributed by atoms with Crippen LogP contribution in [0.5, 0.6) is 5.75 Å². The highest BCUT2D eigenvalue weighted by Gasteiger charge is 2.40. The van der Waals surface area contributed by atoms with Gasteiger partial charge in [-0.25, -0.2) is 13.4 Å². The maximum absolute atomic E-state index is 13.2. The molecule has 33 heavy (non-hydrogen) atoms. The lowest BCUT2D eigenvalue weighted by Crippen LogP contribution is -2.45. The fourth-order valence-corrected chi connectivity index (χ4v) is 5.27. The van der Waals surface area contributed by atoms with E-state index < -0.39 is 28.1 Å². The first kappa shape index (κ1) is 22.8. The molecule has 4 rings (SSSR count). The summed E-state index contributed by atoms with van der Waals surface area (Å²) in [7, 11) is -2.66.